The van der Waals surface area contributed by atoms with Crippen LogP contribution in [0.5, 0.6) is 0 Å². The maximum Gasteiger partial charge on any atom is 0.234 e. The van der Waals surface area contributed by atoms with Crippen LogP contribution in [-0.4, -0.2) is 25.6 Å². The predicted octanol–water partition coefficient (Wildman–Crippen LogP) is 4.65. The molecule has 2 heterocycles. The lowest BCUT2D eigenvalue weighted by atomic mass is 10.2. The summed E-state index contributed by atoms with van der Waals surface area (Å²) >= 11 is 9.28. The van der Waals surface area contributed by atoms with Gasteiger partial charge in [0.1, 0.15) is 5.01 Å². The Morgan fingerprint density at radius 2 is 2.05 bits per heavy atom. The largest absolute Gasteiger partial charge is 0.234 e. The highest BCUT2D eigenvalue weighted by atomic mass is 35.5. The number of aromatic nitrogens is 4. The predicted molar refractivity (Wildman–Crippen MR) is 95.5 cm³/mol. The van der Waals surface area contributed by atoms with Gasteiger partial charge in [-0.2, -0.15) is 21.4 Å². The Morgan fingerprint density at radius 3 is 2.82 bits per heavy atom. The number of rotatable bonds is 6. The maximum absolute atomic E-state index is 5.88. The van der Waals surface area contributed by atoms with Gasteiger partial charge in [0.2, 0.25) is 4.96 Å². The van der Waals surface area contributed by atoms with Gasteiger partial charge in [-0.15, -0.1) is 10.2 Å². The zero-order chi connectivity index (χ0) is 15.4. The summed E-state index contributed by atoms with van der Waals surface area (Å²) in [5.41, 5.74) is 1.09. The minimum absolute atomic E-state index is 0.741. The van der Waals surface area contributed by atoms with Crippen molar-refractivity contribution in [3.8, 4) is 0 Å². The summed E-state index contributed by atoms with van der Waals surface area (Å²) in [7, 11) is 0. The molecule has 0 N–H and O–H groups in total. The number of hydrogen-bond donors (Lipinski definition) is 0. The molecule has 0 unspecified atom stereocenters. The molecule has 0 radical (unpaired) electrons. The first-order valence-corrected chi connectivity index (χ1v) is 9.33. The van der Waals surface area contributed by atoms with Crippen LogP contribution in [0, 0.1) is 0 Å². The van der Waals surface area contributed by atoms with Gasteiger partial charge in [-0.05, 0) is 35.9 Å². The molecule has 0 aliphatic rings. The minimum atomic E-state index is 0.741. The van der Waals surface area contributed by atoms with E-state index in [-0.39, 0.29) is 0 Å². The topological polar surface area (TPSA) is 43.1 Å². The van der Waals surface area contributed by atoms with E-state index in [2.05, 4.69) is 22.2 Å². The quantitative estimate of drug-likeness (QED) is 0.607. The molecule has 4 nitrogen and oxygen atoms in total. The third kappa shape index (κ3) is 3.69. The molecule has 0 atom stereocenters. The molecule has 3 aromatic rings. The molecule has 0 saturated heterocycles. The van der Waals surface area contributed by atoms with Crippen LogP contribution in [0.2, 0.25) is 5.02 Å². The van der Waals surface area contributed by atoms with Crippen molar-refractivity contribution in [2.24, 2.45) is 0 Å². The normalized spacial score (nSPS) is 11.7. The van der Waals surface area contributed by atoms with Crippen molar-refractivity contribution in [1.82, 2.24) is 19.8 Å². The van der Waals surface area contributed by atoms with Crippen LogP contribution in [0.25, 0.3) is 17.1 Å². The van der Waals surface area contributed by atoms with Crippen LogP contribution in [0.4, 0.5) is 0 Å². The van der Waals surface area contributed by atoms with E-state index in [4.69, 9.17) is 11.6 Å². The third-order valence-corrected chi connectivity index (χ3v) is 5.21. The highest BCUT2D eigenvalue weighted by molar-refractivity contribution is 7.98. The molecule has 0 aliphatic heterocycles. The van der Waals surface area contributed by atoms with Gasteiger partial charge in [0.15, 0.2) is 5.82 Å². The molecule has 7 heteroatoms. The molecule has 0 amide bonds. The monoisotopic (exact) mass is 350 g/mol. The summed E-state index contributed by atoms with van der Waals surface area (Å²) in [6, 6.07) is 7.71. The molecular formula is C15H15ClN4S2. The van der Waals surface area contributed by atoms with Gasteiger partial charge in [0.25, 0.3) is 0 Å². The van der Waals surface area contributed by atoms with Crippen molar-refractivity contribution < 1.29 is 0 Å². The second kappa shape index (κ2) is 7.26. The number of halogens is 1. The first-order chi connectivity index (χ1) is 10.8. The Kier molecular flexibility index (Phi) is 5.12. The molecular weight excluding hydrogens is 336 g/mol. The van der Waals surface area contributed by atoms with E-state index in [0.29, 0.717) is 0 Å². The van der Waals surface area contributed by atoms with Gasteiger partial charge in [0.05, 0.1) is 5.75 Å². The van der Waals surface area contributed by atoms with Gasteiger partial charge < -0.3 is 0 Å². The molecule has 0 saturated carbocycles. The molecule has 0 bridgehead atoms. The summed E-state index contributed by atoms with van der Waals surface area (Å²) < 4.78 is 1.84. The van der Waals surface area contributed by atoms with Crippen LogP contribution in [0.3, 0.4) is 0 Å². The summed E-state index contributed by atoms with van der Waals surface area (Å²) in [5, 5.41) is 14.6. The summed E-state index contributed by atoms with van der Waals surface area (Å²) in [6.07, 6.45) is 5.18. The first-order valence-electron chi connectivity index (χ1n) is 6.99. The number of hydrogen-bond acceptors (Lipinski definition) is 5. The smallest absolute Gasteiger partial charge is 0.186 e. The van der Waals surface area contributed by atoms with Crippen LogP contribution >= 0.6 is 34.7 Å². The van der Waals surface area contributed by atoms with E-state index in [1.54, 1.807) is 0 Å². The summed E-state index contributed by atoms with van der Waals surface area (Å²) in [5.74, 6) is 2.89. The van der Waals surface area contributed by atoms with Crippen molar-refractivity contribution >= 4 is 51.8 Å². The van der Waals surface area contributed by atoms with E-state index in [1.165, 1.54) is 17.8 Å². The molecule has 22 heavy (non-hydrogen) atoms. The van der Waals surface area contributed by atoms with E-state index < -0.39 is 0 Å². The van der Waals surface area contributed by atoms with Gasteiger partial charge in [0, 0.05) is 5.02 Å². The zero-order valence-electron chi connectivity index (χ0n) is 12.1. The Morgan fingerprint density at radius 1 is 1.23 bits per heavy atom. The molecule has 3 rings (SSSR count). The van der Waals surface area contributed by atoms with Crippen LogP contribution in [0.1, 0.15) is 29.7 Å². The number of nitrogens with zero attached hydrogens (tertiary/aromatic N) is 4. The molecule has 114 valence electrons. The van der Waals surface area contributed by atoms with E-state index in [9.17, 15) is 0 Å². The van der Waals surface area contributed by atoms with Crippen LogP contribution in [-0.2, 0) is 5.75 Å². The molecule has 0 aliphatic carbocycles. The highest BCUT2D eigenvalue weighted by Gasteiger charge is 2.10. The van der Waals surface area contributed by atoms with Crippen molar-refractivity contribution in [3.05, 3.63) is 45.7 Å². The molecule has 1 aromatic carbocycles. The first kappa shape index (κ1) is 15.5. The number of benzene rings is 1. The van der Waals surface area contributed by atoms with Crippen molar-refractivity contribution in [1.29, 1.82) is 0 Å². The van der Waals surface area contributed by atoms with E-state index >= 15 is 0 Å². The SMILES string of the molecule is CCCSCc1nnc2sc(C=Cc3ccc(Cl)cc3)nn12. The summed E-state index contributed by atoms with van der Waals surface area (Å²) in [6.45, 7) is 2.18. The molecule has 0 spiro atoms. The highest BCUT2D eigenvalue weighted by Crippen LogP contribution is 2.19. The van der Waals surface area contributed by atoms with Gasteiger partial charge in [-0.1, -0.05) is 48.1 Å². The Labute approximate surface area is 142 Å². The fraction of sp³-hybridized carbons (Fsp3) is 0.267. The van der Waals surface area contributed by atoms with Crippen LogP contribution < -0.4 is 0 Å². The minimum Gasteiger partial charge on any atom is -0.186 e. The average molecular weight is 351 g/mol. The Balaban J connectivity index is 1.75. The van der Waals surface area contributed by atoms with Gasteiger partial charge in [-0.3, -0.25) is 0 Å². The van der Waals surface area contributed by atoms with E-state index in [1.807, 2.05) is 52.7 Å². The van der Waals surface area contributed by atoms with Gasteiger partial charge >= 0.3 is 0 Å². The van der Waals surface area contributed by atoms with Crippen molar-refractivity contribution in [2.45, 2.75) is 19.1 Å². The maximum atomic E-state index is 5.88. The Bertz CT molecular complexity index is 777. The lowest BCUT2D eigenvalue weighted by Gasteiger charge is -1.95. The number of fused-ring (bicyclic) bond motifs is 1. The fourth-order valence-corrected chi connectivity index (χ4v) is 3.56. The lowest BCUT2D eigenvalue weighted by molar-refractivity contribution is 0.879. The summed E-state index contributed by atoms with van der Waals surface area (Å²) in [4.78, 5) is 0.836. The number of thioether (sulfide) groups is 1. The van der Waals surface area contributed by atoms with Crippen molar-refractivity contribution in [3.63, 3.8) is 0 Å². The fourth-order valence-electron chi connectivity index (χ4n) is 1.88. The zero-order valence-corrected chi connectivity index (χ0v) is 14.5. The molecule has 0 fully saturated rings. The van der Waals surface area contributed by atoms with Crippen LogP contribution in [0.15, 0.2) is 24.3 Å². The Hall–Kier alpha value is -1.37. The molecule has 2 aromatic heterocycles. The second-order valence-corrected chi connectivity index (χ2v) is 7.22. The lowest BCUT2D eigenvalue weighted by Crippen LogP contribution is -1.94. The second-order valence-electron chi connectivity index (χ2n) is 4.69. The third-order valence-electron chi connectivity index (χ3n) is 2.94. The average Bonchev–Trinajstić information content (AvgIpc) is 3.08. The van der Waals surface area contributed by atoms with E-state index in [0.717, 1.165) is 37.9 Å². The van der Waals surface area contributed by atoms with Crippen molar-refractivity contribution in [2.75, 3.05) is 5.75 Å². The van der Waals surface area contributed by atoms with Gasteiger partial charge in [-0.25, -0.2) is 0 Å². The standard InChI is InChI=1S/C15H15ClN4S2/c1-2-9-21-10-13-17-18-15-20(13)19-14(22-15)8-5-11-3-6-12(16)7-4-11/h3-8H,2,9-10H2,1H3.